The topological polar surface area (TPSA) is 79.5 Å². The molecular weight excluding hydrogens is 240 g/mol. The third kappa shape index (κ3) is 6.26. The zero-order valence-electron chi connectivity index (χ0n) is 11.1. The number of carbonyl (C=O) groups is 1. The molecule has 0 aliphatic rings. The Hall–Kier alpha value is -2.30. The van der Waals surface area contributed by atoms with E-state index in [-0.39, 0.29) is 5.91 Å². The first-order chi connectivity index (χ1) is 9.09. The zero-order valence-corrected chi connectivity index (χ0v) is 11.1. The molecule has 1 aromatic rings. The molecule has 0 aliphatic carbocycles. The molecular formula is C14H20N4O. The van der Waals surface area contributed by atoms with Gasteiger partial charge in [-0.25, -0.2) is 4.99 Å². The van der Waals surface area contributed by atoms with Crippen molar-refractivity contribution in [3.63, 3.8) is 0 Å². The van der Waals surface area contributed by atoms with Crippen LogP contribution in [0.15, 0.2) is 47.5 Å². The maximum Gasteiger partial charge on any atom is 0.251 e. The number of rotatable bonds is 6. The Balaban J connectivity index is 2.22. The molecule has 0 bridgehead atoms. The minimum atomic E-state index is -0.0974. The van der Waals surface area contributed by atoms with Gasteiger partial charge in [0.25, 0.3) is 5.91 Å². The molecule has 0 fully saturated rings. The molecule has 4 N–H and O–H groups in total. The van der Waals surface area contributed by atoms with E-state index in [4.69, 9.17) is 5.73 Å². The average Bonchev–Trinajstić information content (AvgIpc) is 2.42. The van der Waals surface area contributed by atoms with E-state index in [2.05, 4.69) is 22.2 Å². The summed E-state index contributed by atoms with van der Waals surface area (Å²) in [7, 11) is 0. The SMILES string of the molecule is C=C(C)CN=C(N)NCCNC(=O)c1ccccc1. The van der Waals surface area contributed by atoms with Crippen molar-refractivity contribution in [1.82, 2.24) is 10.6 Å². The Morgan fingerprint density at radius 3 is 2.53 bits per heavy atom. The van der Waals surface area contributed by atoms with E-state index in [0.717, 1.165) is 5.57 Å². The Bertz CT molecular complexity index is 454. The monoisotopic (exact) mass is 260 g/mol. The lowest BCUT2D eigenvalue weighted by molar-refractivity contribution is 0.0954. The number of guanidine groups is 1. The zero-order chi connectivity index (χ0) is 14.1. The Morgan fingerprint density at radius 1 is 1.26 bits per heavy atom. The quantitative estimate of drug-likeness (QED) is 0.308. The summed E-state index contributed by atoms with van der Waals surface area (Å²) in [5, 5.41) is 5.71. The first-order valence-electron chi connectivity index (χ1n) is 6.11. The molecule has 1 amide bonds. The number of carbonyl (C=O) groups excluding carboxylic acids is 1. The van der Waals surface area contributed by atoms with Gasteiger partial charge in [-0.3, -0.25) is 4.79 Å². The predicted molar refractivity (Wildman–Crippen MR) is 78.1 cm³/mol. The molecule has 19 heavy (non-hydrogen) atoms. The van der Waals surface area contributed by atoms with E-state index < -0.39 is 0 Å². The summed E-state index contributed by atoms with van der Waals surface area (Å²) in [6.45, 7) is 7.14. The van der Waals surface area contributed by atoms with E-state index >= 15 is 0 Å². The van der Waals surface area contributed by atoms with E-state index in [0.29, 0.717) is 31.2 Å². The lowest BCUT2D eigenvalue weighted by Gasteiger charge is -2.07. The second kappa shape index (κ2) is 7.92. The fraction of sp³-hybridized carbons (Fsp3) is 0.286. The lowest BCUT2D eigenvalue weighted by Crippen LogP contribution is -2.38. The Labute approximate surface area is 113 Å². The largest absolute Gasteiger partial charge is 0.370 e. The highest BCUT2D eigenvalue weighted by molar-refractivity contribution is 5.94. The molecule has 1 aromatic carbocycles. The Kier molecular flexibility index (Phi) is 6.15. The molecule has 0 spiro atoms. The number of amides is 1. The van der Waals surface area contributed by atoms with Crippen LogP contribution in [-0.4, -0.2) is 31.5 Å². The van der Waals surface area contributed by atoms with Crippen molar-refractivity contribution in [3.05, 3.63) is 48.0 Å². The number of hydrogen-bond donors (Lipinski definition) is 3. The maximum atomic E-state index is 11.7. The third-order valence-corrected chi connectivity index (χ3v) is 2.27. The predicted octanol–water partition coefficient (Wildman–Crippen LogP) is 0.897. The minimum Gasteiger partial charge on any atom is -0.370 e. The van der Waals surface area contributed by atoms with Crippen LogP contribution >= 0.6 is 0 Å². The molecule has 1 rings (SSSR count). The van der Waals surface area contributed by atoms with Gasteiger partial charge in [-0.05, 0) is 19.1 Å². The first-order valence-corrected chi connectivity index (χ1v) is 6.11. The van der Waals surface area contributed by atoms with Gasteiger partial charge in [0, 0.05) is 18.7 Å². The van der Waals surface area contributed by atoms with Crippen molar-refractivity contribution in [2.75, 3.05) is 19.6 Å². The summed E-state index contributed by atoms with van der Waals surface area (Å²) in [5.74, 6) is 0.261. The number of nitrogens with two attached hydrogens (primary N) is 1. The van der Waals surface area contributed by atoms with Gasteiger partial charge in [0.05, 0.1) is 6.54 Å². The highest BCUT2D eigenvalue weighted by atomic mass is 16.1. The van der Waals surface area contributed by atoms with Gasteiger partial charge in [0.15, 0.2) is 5.96 Å². The molecule has 5 nitrogen and oxygen atoms in total. The van der Waals surface area contributed by atoms with Crippen molar-refractivity contribution in [2.45, 2.75) is 6.92 Å². The molecule has 0 unspecified atom stereocenters. The lowest BCUT2D eigenvalue weighted by atomic mass is 10.2. The summed E-state index contributed by atoms with van der Waals surface area (Å²) >= 11 is 0. The van der Waals surface area contributed by atoms with Gasteiger partial charge in [-0.2, -0.15) is 0 Å². The molecule has 0 heterocycles. The first kappa shape index (κ1) is 14.8. The smallest absolute Gasteiger partial charge is 0.251 e. The summed E-state index contributed by atoms with van der Waals surface area (Å²) in [5.41, 5.74) is 7.23. The van der Waals surface area contributed by atoms with Gasteiger partial charge in [-0.1, -0.05) is 30.4 Å². The van der Waals surface area contributed by atoms with Crippen molar-refractivity contribution in [3.8, 4) is 0 Å². The molecule has 5 heteroatoms. The van der Waals surface area contributed by atoms with Crippen LogP contribution < -0.4 is 16.4 Å². The fourth-order valence-electron chi connectivity index (χ4n) is 1.33. The van der Waals surface area contributed by atoms with Crippen LogP contribution in [0.25, 0.3) is 0 Å². The maximum absolute atomic E-state index is 11.7. The summed E-state index contributed by atoms with van der Waals surface area (Å²) < 4.78 is 0. The molecule has 0 aliphatic heterocycles. The molecule has 0 atom stereocenters. The minimum absolute atomic E-state index is 0.0974. The number of nitrogens with one attached hydrogen (secondary N) is 2. The average molecular weight is 260 g/mol. The van der Waals surface area contributed by atoms with Crippen molar-refractivity contribution < 1.29 is 4.79 Å². The number of nitrogens with zero attached hydrogens (tertiary/aromatic N) is 1. The number of aliphatic imine (C=N–C) groups is 1. The second-order valence-corrected chi connectivity index (χ2v) is 4.21. The van der Waals surface area contributed by atoms with E-state index in [9.17, 15) is 4.79 Å². The highest BCUT2D eigenvalue weighted by Crippen LogP contribution is 1.96. The van der Waals surface area contributed by atoms with Crippen LogP contribution in [0.5, 0.6) is 0 Å². The number of hydrogen-bond acceptors (Lipinski definition) is 2. The van der Waals surface area contributed by atoms with Crippen LogP contribution in [-0.2, 0) is 0 Å². The van der Waals surface area contributed by atoms with Gasteiger partial charge in [-0.15, -0.1) is 0 Å². The van der Waals surface area contributed by atoms with Gasteiger partial charge in [0.2, 0.25) is 0 Å². The van der Waals surface area contributed by atoms with E-state index in [1.165, 1.54) is 0 Å². The van der Waals surface area contributed by atoms with Crippen molar-refractivity contribution in [2.24, 2.45) is 10.7 Å². The fourth-order valence-corrected chi connectivity index (χ4v) is 1.33. The molecule has 102 valence electrons. The van der Waals surface area contributed by atoms with Gasteiger partial charge < -0.3 is 16.4 Å². The van der Waals surface area contributed by atoms with Crippen LogP contribution in [0.2, 0.25) is 0 Å². The third-order valence-electron chi connectivity index (χ3n) is 2.27. The second-order valence-electron chi connectivity index (χ2n) is 4.21. The van der Waals surface area contributed by atoms with Crippen LogP contribution in [0.1, 0.15) is 17.3 Å². The molecule has 0 saturated heterocycles. The van der Waals surface area contributed by atoms with Crippen molar-refractivity contribution in [1.29, 1.82) is 0 Å². The summed E-state index contributed by atoms with van der Waals surface area (Å²) in [6.07, 6.45) is 0. The van der Waals surface area contributed by atoms with Gasteiger partial charge in [0.1, 0.15) is 0 Å². The van der Waals surface area contributed by atoms with Gasteiger partial charge >= 0.3 is 0 Å². The molecule has 0 aromatic heterocycles. The highest BCUT2D eigenvalue weighted by Gasteiger charge is 2.02. The summed E-state index contributed by atoms with van der Waals surface area (Å²) in [6, 6.07) is 9.07. The van der Waals surface area contributed by atoms with Crippen LogP contribution in [0.3, 0.4) is 0 Å². The van der Waals surface area contributed by atoms with E-state index in [1.54, 1.807) is 12.1 Å². The van der Waals surface area contributed by atoms with E-state index in [1.807, 2.05) is 25.1 Å². The van der Waals surface area contributed by atoms with Crippen LogP contribution in [0, 0.1) is 0 Å². The Morgan fingerprint density at radius 2 is 1.89 bits per heavy atom. The number of benzene rings is 1. The van der Waals surface area contributed by atoms with Crippen LogP contribution in [0.4, 0.5) is 0 Å². The van der Waals surface area contributed by atoms with Crippen molar-refractivity contribution >= 4 is 11.9 Å². The molecule has 0 radical (unpaired) electrons. The normalized spacial score (nSPS) is 10.9. The molecule has 0 saturated carbocycles. The summed E-state index contributed by atoms with van der Waals surface area (Å²) in [4.78, 5) is 15.8. The standard InChI is InChI=1S/C14H20N4O/c1-11(2)10-18-14(15)17-9-8-16-13(19)12-6-4-3-5-7-12/h3-7H,1,8-10H2,2H3,(H,16,19)(H3,15,17,18).